The molecule has 3 heteroatoms. The maximum absolute atomic E-state index is 12.9. The summed E-state index contributed by atoms with van der Waals surface area (Å²) in [6.45, 7) is 3.58. The fourth-order valence-corrected chi connectivity index (χ4v) is 3.05. The minimum Gasteiger partial charge on any atom is -0.453 e. The Kier molecular flexibility index (Phi) is 3.77. The number of hydrogen-bond donors (Lipinski definition) is 0. The molecule has 0 bridgehead atoms. The van der Waals surface area contributed by atoms with Gasteiger partial charge in [0.1, 0.15) is 5.60 Å². The highest BCUT2D eigenvalue weighted by Gasteiger charge is 2.52. The first kappa shape index (κ1) is 16.0. The van der Waals surface area contributed by atoms with Crippen LogP contribution in [0, 0.1) is 17.8 Å². The molecule has 0 saturated carbocycles. The lowest BCUT2D eigenvalue weighted by molar-refractivity contribution is -0.163. The van der Waals surface area contributed by atoms with Gasteiger partial charge in [-0.2, -0.15) is 0 Å². The molecule has 24 heavy (non-hydrogen) atoms. The van der Waals surface area contributed by atoms with Crippen LogP contribution in [0.5, 0.6) is 0 Å². The van der Waals surface area contributed by atoms with E-state index >= 15 is 0 Å². The van der Waals surface area contributed by atoms with Crippen LogP contribution in [-0.4, -0.2) is 11.8 Å². The van der Waals surface area contributed by atoms with Crippen LogP contribution in [0.4, 0.5) is 0 Å². The molecule has 0 heterocycles. The molecule has 120 valence electrons. The maximum Gasteiger partial charge on any atom is 0.333 e. The van der Waals surface area contributed by atoms with Crippen molar-refractivity contribution in [3.05, 3.63) is 71.3 Å². The SMILES string of the molecule is C#CC1(C(=O)OC(C)(C)c2ccccc2)Cc2ccccc2C1=O. The predicted octanol–water partition coefficient (Wildman–Crippen LogP) is 3.52. The van der Waals surface area contributed by atoms with Gasteiger partial charge in [-0.05, 0) is 25.0 Å². The minimum absolute atomic E-state index is 0.183. The molecule has 0 N–H and O–H groups in total. The molecule has 1 atom stereocenters. The van der Waals surface area contributed by atoms with Gasteiger partial charge in [0.25, 0.3) is 0 Å². The average Bonchev–Trinajstić information content (AvgIpc) is 2.89. The third kappa shape index (κ3) is 2.41. The summed E-state index contributed by atoms with van der Waals surface area (Å²) in [5.74, 6) is 1.40. The summed E-state index contributed by atoms with van der Waals surface area (Å²) in [5.41, 5.74) is -0.319. The van der Waals surface area contributed by atoms with Gasteiger partial charge in [0.15, 0.2) is 11.2 Å². The van der Waals surface area contributed by atoms with Crippen LogP contribution in [0.25, 0.3) is 0 Å². The molecule has 0 fully saturated rings. The molecular formula is C21H18O3. The van der Waals surface area contributed by atoms with Gasteiger partial charge in [-0.1, -0.05) is 60.5 Å². The van der Waals surface area contributed by atoms with Crippen molar-refractivity contribution in [1.29, 1.82) is 0 Å². The summed E-state index contributed by atoms with van der Waals surface area (Å²) < 4.78 is 5.70. The second-order valence-corrected chi connectivity index (χ2v) is 6.48. The minimum atomic E-state index is -1.57. The van der Waals surface area contributed by atoms with Crippen LogP contribution in [-0.2, 0) is 21.6 Å². The zero-order valence-corrected chi connectivity index (χ0v) is 13.7. The van der Waals surface area contributed by atoms with E-state index in [1.165, 1.54) is 0 Å². The topological polar surface area (TPSA) is 43.4 Å². The lowest BCUT2D eigenvalue weighted by Crippen LogP contribution is -2.41. The normalized spacial score (nSPS) is 19.5. The van der Waals surface area contributed by atoms with Crippen LogP contribution in [0.2, 0.25) is 0 Å². The number of ketones is 1. The third-order valence-corrected chi connectivity index (χ3v) is 4.52. The number of benzene rings is 2. The summed E-state index contributed by atoms with van der Waals surface area (Å²) >= 11 is 0. The largest absolute Gasteiger partial charge is 0.453 e. The van der Waals surface area contributed by atoms with Crippen LogP contribution in [0.3, 0.4) is 0 Å². The Morgan fingerprint density at radius 3 is 2.38 bits per heavy atom. The third-order valence-electron chi connectivity index (χ3n) is 4.52. The van der Waals surface area contributed by atoms with Gasteiger partial charge in [-0.15, -0.1) is 6.42 Å². The monoisotopic (exact) mass is 318 g/mol. The summed E-state index contributed by atoms with van der Waals surface area (Å²) in [5, 5.41) is 0. The van der Waals surface area contributed by atoms with Gasteiger partial charge in [0.05, 0.1) is 0 Å². The number of terminal acetylenes is 1. The highest BCUT2D eigenvalue weighted by Crippen LogP contribution is 2.39. The van der Waals surface area contributed by atoms with Crippen molar-refractivity contribution < 1.29 is 14.3 Å². The van der Waals surface area contributed by atoms with Crippen LogP contribution >= 0.6 is 0 Å². The van der Waals surface area contributed by atoms with E-state index in [9.17, 15) is 9.59 Å². The molecule has 0 radical (unpaired) electrons. The molecule has 3 nitrogen and oxygen atoms in total. The van der Waals surface area contributed by atoms with Gasteiger partial charge < -0.3 is 4.74 Å². The van der Waals surface area contributed by atoms with Crippen molar-refractivity contribution in [3.63, 3.8) is 0 Å². The molecule has 0 saturated heterocycles. The Morgan fingerprint density at radius 2 is 1.75 bits per heavy atom. The first-order valence-electron chi connectivity index (χ1n) is 7.80. The lowest BCUT2D eigenvalue weighted by Gasteiger charge is -2.29. The van der Waals surface area contributed by atoms with Gasteiger partial charge in [-0.25, -0.2) is 4.79 Å². The van der Waals surface area contributed by atoms with Crippen LogP contribution < -0.4 is 0 Å². The van der Waals surface area contributed by atoms with E-state index < -0.39 is 17.0 Å². The fraction of sp³-hybridized carbons (Fsp3) is 0.238. The molecule has 3 rings (SSSR count). The molecule has 0 aliphatic heterocycles. The first-order valence-corrected chi connectivity index (χ1v) is 7.80. The number of ether oxygens (including phenoxy) is 1. The molecular weight excluding hydrogens is 300 g/mol. The van der Waals surface area contributed by atoms with E-state index in [2.05, 4.69) is 5.92 Å². The Hall–Kier alpha value is -2.86. The summed E-state index contributed by atoms with van der Waals surface area (Å²) in [6.07, 6.45) is 5.81. The van der Waals surface area contributed by atoms with Crippen molar-refractivity contribution >= 4 is 11.8 Å². The summed E-state index contributed by atoms with van der Waals surface area (Å²) in [4.78, 5) is 25.7. The van der Waals surface area contributed by atoms with E-state index in [0.717, 1.165) is 11.1 Å². The van der Waals surface area contributed by atoms with Crippen molar-refractivity contribution in [3.8, 4) is 12.3 Å². The lowest BCUT2D eigenvalue weighted by atomic mass is 9.84. The van der Waals surface area contributed by atoms with E-state index in [-0.39, 0.29) is 12.2 Å². The zero-order chi connectivity index (χ0) is 17.4. The van der Waals surface area contributed by atoms with Crippen molar-refractivity contribution in [2.24, 2.45) is 5.41 Å². The van der Waals surface area contributed by atoms with Crippen LogP contribution in [0.15, 0.2) is 54.6 Å². The van der Waals surface area contributed by atoms with Gasteiger partial charge >= 0.3 is 5.97 Å². The van der Waals surface area contributed by atoms with E-state index in [4.69, 9.17) is 11.2 Å². The molecule has 1 unspecified atom stereocenters. The van der Waals surface area contributed by atoms with Crippen molar-refractivity contribution in [2.75, 3.05) is 0 Å². The number of carbonyl (C=O) groups is 2. The zero-order valence-electron chi connectivity index (χ0n) is 13.7. The number of rotatable bonds is 3. The summed E-state index contributed by atoms with van der Waals surface area (Å²) in [6, 6.07) is 16.5. The molecule has 2 aromatic carbocycles. The number of fused-ring (bicyclic) bond motifs is 1. The summed E-state index contributed by atoms with van der Waals surface area (Å²) in [7, 11) is 0. The number of hydrogen-bond acceptors (Lipinski definition) is 3. The Morgan fingerprint density at radius 1 is 1.12 bits per heavy atom. The first-order chi connectivity index (χ1) is 11.4. The van der Waals surface area contributed by atoms with Crippen molar-refractivity contribution in [1.82, 2.24) is 0 Å². The highest BCUT2D eigenvalue weighted by molar-refractivity contribution is 6.18. The van der Waals surface area contributed by atoms with E-state index in [0.29, 0.717) is 5.56 Å². The number of carbonyl (C=O) groups excluding carboxylic acids is 2. The molecule has 0 spiro atoms. The predicted molar refractivity (Wildman–Crippen MR) is 91.3 cm³/mol. The molecule has 2 aromatic rings. The van der Waals surface area contributed by atoms with Gasteiger partial charge in [0, 0.05) is 12.0 Å². The van der Waals surface area contributed by atoms with Crippen LogP contribution in [0.1, 0.15) is 35.3 Å². The van der Waals surface area contributed by atoms with Gasteiger partial charge in [0.2, 0.25) is 0 Å². The Bertz CT molecular complexity index is 843. The quantitative estimate of drug-likeness (QED) is 0.494. The highest BCUT2D eigenvalue weighted by atomic mass is 16.6. The maximum atomic E-state index is 12.9. The Balaban J connectivity index is 1.92. The van der Waals surface area contributed by atoms with Crippen molar-refractivity contribution in [2.45, 2.75) is 25.9 Å². The standard InChI is InChI=1S/C21H18O3/c1-4-21(14-15-10-8-9-13-17(15)18(21)22)19(23)24-20(2,3)16-11-6-5-7-12-16/h1,5-13H,14H2,2-3H3. The molecule has 0 amide bonds. The van der Waals surface area contributed by atoms with Gasteiger partial charge in [-0.3, -0.25) is 4.79 Å². The number of Topliss-reactive ketones (excluding diaryl/α,β-unsaturated/α-hetero) is 1. The second-order valence-electron chi connectivity index (χ2n) is 6.48. The average molecular weight is 318 g/mol. The smallest absolute Gasteiger partial charge is 0.333 e. The fourth-order valence-electron chi connectivity index (χ4n) is 3.05. The molecule has 1 aliphatic rings. The molecule has 0 aromatic heterocycles. The van der Waals surface area contributed by atoms with E-state index in [1.807, 2.05) is 42.5 Å². The molecule has 1 aliphatic carbocycles. The van der Waals surface area contributed by atoms with E-state index in [1.54, 1.807) is 26.0 Å². The second kappa shape index (κ2) is 5.65. The number of esters is 1. The Labute approximate surface area is 141 Å².